The van der Waals surface area contributed by atoms with Crippen LogP contribution in [-0.2, 0) is 9.59 Å². The van der Waals surface area contributed by atoms with E-state index in [0.717, 1.165) is 38.0 Å². The molecular formula is C15H25NO3. The van der Waals surface area contributed by atoms with Gasteiger partial charge in [-0.1, -0.05) is 20.3 Å². The number of hydrogen-bond donors (Lipinski definition) is 2. The lowest BCUT2D eigenvalue weighted by atomic mass is 9.79. The summed E-state index contributed by atoms with van der Waals surface area (Å²) >= 11 is 0. The molecule has 2 aliphatic carbocycles. The fourth-order valence-corrected chi connectivity index (χ4v) is 3.56. The third-order valence-electron chi connectivity index (χ3n) is 5.11. The summed E-state index contributed by atoms with van der Waals surface area (Å²) in [5, 5.41) is 12.2. The van der Waals surface area contributed by atoms with Gasteiger partial charge in [0.25, 0.3) is 0 Å². The second-order valence-corrected chi connectivity index (χ2v) is 6.46. The molecule has 0 spiro atoms. The van der Waals surface area contributed by atoms with Crippen molar-refractivity contribution in [3.8, 4) is 0 Å². The summed E-state index contributed by atoms with van der Waals surface area (Å²) in [5.74, 6) is -0.267. The first-order chi connectivity index (χ1) is 8.99. The van der Waals surface area contributed by atoms with Gasteiger partial charge in [-0.25, -0.2) is 0 Å². The number of carboxylic acids is 1. The van der Waals surface area contributed by atoms with E-state index < -0.39 is 11.9 Å². The molecule has 108 valence electrons. The van der Waals surface area contributed by atoms with Crippen molar-refractivity contribution in [2.75, 3.05) is 0 Å². The third kappa shape index (κ3) is 3.28. The molecule has 0 bridgehead atoms. The first kappa shape index (κ1) is 14.4. The van der Waals surface area contributed by atoms with Gasteiger partial charge in [0.15, 0.2) is 0 Å². The van der Waals surface area contributed by atoms with E-state index in [2.05, 4.69) is 19.2 Å². The maximum Gasteiger partial charge on any atom is 0.307 e. The zero-order chi connectivity index (χ0) is 14.0. The molecule has 2 aliphatic rings. The Morgan fingerprint density at radius 3 is 2.32 bits per heavy atom. The van der Waals surface area contributed by atoms with Crippen molar-refractivity contribution in [1.29, 1.82) is 0 Å². The molecule has 1 amide bonds. The molecule has 2 rings (SSSR count). The van der Waals surface area contributed by atoms with Crippen LogP contribution in [-0.4, -0.2) is 23.0 Å². The van der Waals surface area contributed by atoms with E-state index in [1.807, 2.05) is 0 Å². The van der Waals surface area contributed by atoms with Gasteiger partial charge >= 0.3 is 5.97 Å². The zero-order valence-corrected chi connectivity index (χ0v) is 11.9. The van der Waals surface area contributed by atoms with Gasteiger partial charge in [0.2, 0.25) is 5.91 Å². The average Bonchev–Trinajstić information content (AvgIpc) is 2.83. The van der Waals surface area contributed by atoms with E-state index in [1.54, 1.807) is 0 Å². The van der Waals surface area contributed by atoms with Crippen LogP contribution in [0.2, 0.25) is 0 Å². The Morgan fingerprint density at radius 2 is 1.68 bits per heavy atom. The van der Waals surface area contributed by atoms with Gasteiger partial charge in [0, 0.05) is 6.04 Å². The topological polar surface area (TPSA) is 66.4 Å². The lowest BCUT2D eigenvalue weighted by molar-refractivity contribution is -0.146. The highest BCUT2D eigenvalue weighted by Crippen LogP contribution is 2.33. The standard InChI is InChI=1S/C15H25NO3/c1-9-6-7-11(8-10(9)2)16-14(17)12-4-3-5-13(12)15(18)19/h9-13H,3-8H2,1-2H3,(H,16,17)(H,18,19). The van der Waals surface area contributed by atoms with Crippen molar-refractivity contribution in [2.24, 2.45) is 23.7 Å². The second kappa shape index (κ2) is 5.93. The minimum atomic E-state index is -0.816. The maximum absolute atomic E-state index is 12.2. The Bertz CT molecular complexity index is 355. The first-order valence-corrected chi connectivity index (χ1v) is 7.52. The summed E-state index contributed by atoms with van der Waals surface area (Å²) in [6.07, 6.45) is 5.43. The van der Waals surface area contributed by atoms with Crippen LogP contribution in [0.3, 0.4) is 0 Å². The van der Waals surface area contributed by atoms with Gasteiger partial charge in [-0.15, -0.1) is 0 Å². The molecule has 0 aromatic heterocycles. The highest BCUT2D eigenvalue weighted by Gasteiger charge is 2.38. The molecule has 4 heteroatoms. The van der Waals surface area contributed by atoms with Crippen LogP contribution in [0.25, 0.3) is 0 Å². The van der Waals surface area contributed by atoms with Crippen LogP contribution in [0.5, 0.6) is 0 Å². The monoisotopic (exact) mass is 267 g/mol. The fourth-order valence-electron chi connectivity index (χ4n) is 3.56. The Kier molecular flexibility index (Phi) is 4.48. The number of hydrogen-bond acceptors (Lipinski definition) is 2. The second-order valence-electron chi connectivity index (χ2n) is 6.46. The largest absolute Gasteiger partial charge is 0.481 e. The third-order valence-corrected chi connectivity index (χ3v) is 5.11. The lowest BCUT2D eigenvalue weighted by Gasteiger charge is -2.33. The van der Waals surface area contributed by atoms with Crippen molar-refractivity contribution >= 4 is 11.9 Å². The number of carbonyl (C=O) groups excluding carboxylic acids is 1. The predicted octanol–water partition coefficient (Wildman–Crippen LogP) is 2.43. The molecule has 0 heterocycles. The van der Waals surface area contributed by atoms with Crippen molar-refractivity contribution in [2.45, 2.75) is 58.4 Å². The van der Waals surface area contributed by atoms with Crippen LogP contribution in [0, 0.1) is 23.7 Å². The van der Waals surface area contributed by atoms with Crippen molar-refractivity contribution < 1.29 is 14.7 Å². The number of aliphatic carboxylic acids is 1. The smallest absolute Gasteiger partial charge is 0.307 e. The van der Waals surface area contributed by atoms with Crippen molar-refractivity contribution in [1.82, 2.24) is 5.32 Å². The molecule has 0 aromatic carbocycles. The van der Waals surface area contributed by atoms with Gasteiger partial charge in [0.05, 0.1) is 11.8 Å². The summed E-state index contributed by atoms with van der Waals surface area (Å²) in [5.41, 5.74) is 0. The minimum absolute atomic E-state index is 0.0309. The maximum atomic E-state index is 12.2. The minimum Gasteiger partial charge on any atom is -0.481 e. The fraction of sp³-hybridized carbons (Fsp3) is 0.867. The molecule has 2 N–H and O–H groups in total. The summed E-state index contributed by atoms with van der Waals surface area (Å²) in [7, 11) is 0. The first-order valence-electron chi connectivity index (χ1n) is 7.52. The number of rotatable bonds is 3. The molecule has 0 aliphatic heterocycles. The summed E-state index contributed by atoms with van der Waals surface area (Å²) in [6, 6.07) is 0.244. The van der Waals surface area contributed by atoms with Crippen LogP contribution in [0.15, 0.2) is 0 Å². The average molecular weight is 267 g/mol. The number of amides is 1. The molecule has 5 atom stereocenters. The quantitative estimate of drug-likeness (QED) is 0.825. The van der Waals surface area contributed by atoms with E-state index in [9.17, 15) is 9.59 Å². The molecular weight excluding hydrogens is 242 g/mol. The van der Waals surface area contributed by atoms with E-state index >= 15 is 0 Å². The lowest BCUT2D eigenvalue weighted by Crippen LogP contribution is -2.44. The molecule has 4 nitrogen and oxygen atoms in total. The molecule has 0 aromatic rings. The molecule has 19 heavy (non-hydrogen) atoms. The summed E-state index contributed by atoms with van der Waals surface area (Å²) in [4.78, 5) is 23.4. The van der Waals surface area contributed by atoms with Gasteiger partial charge in [-0.05, 0) is 43.9 Å². The molecule has 0 radical (unpaired) electrons. The van der Waals surface area contributed by atoms with Gasteiger partial charge in [0.1, 0.15) is 0 Å². The van der Waals surface area contributed by atoms with Crippen LogP contribution in [0.4, 0.5) is 0 Å². The number of nitrogens with one attached hydrogen (secondary N) is 1. The zero-order valence-electron chi connectivity index (χ0n) is 11.9. The molecule has 5 unspecified atom stereocenters. The van der Waals surface area contributed by atoms with E-state index in [1.165, 1.54) is 0 Å². The van der Waals surface area contributed by atoms with Gasteiger partial charge in [-0.3, -0.25) is 9.59 Å². The Labute approximate surface area is 115 Å². The van der Waals surface area contributed by atoms with E-state index in [0.29, 0.717) is 12.3 Å². The molecule has 2 fully saturated rings. The number of carboxylic acid groups (broad SMARTS) is 1. The number of carbonyl (C=O) groups is 2. The van der Waals surface area contributed by atoms with E-state index in [4.69, 9.17) is 5.11 Å². The highest BCUT2D eigenvalue weighted by molar-refractivity contribution is 5.85. The predicted molar refractivity (Wildman–Crippen MR) is 72.6 cm³/mol. The van der Waals surface area contributed by atoms with Crippen LogP contribution < -0.4 is 5.32 Å². The molecule has 2 saturated carbocycles. The van der Waals surface area contributed by atoms with E-state index in [-0.39, 0.29) is 17.9 Å². The Balaban J connectivity index is 1.89. The summed E-state index contributed by atoms with van der Waals surface area (Å²) < 4.78 is 0. The highest BCUT2D eigenvalue weighted by atomic mass is 16.4. The SMILES string of the molecule is CC1CCC(NC(=O)C2CCCC2C(=O)O)CC1C. The Hall–Kier alpha value is -1.06. The Morgan fingerprint density at radius 1 is 1.00 bits per heavy atom. The van der Waals surface area contributed by atoms with Crippen LogP contribution >= 0.6 is 0 Å². The van der Waals surface area contributed by atoms with Crippen LogP contribution in [0.1, 0.15) is 52.4 Å². The van der Waals surface area contributed by atoms with Gasteiger partial charge < -0.3 is 10.4 Å². The van der Waals surface area contributed by atoms with Gasteiger partial charge in [-0.2, -0.15) is 0 Å². The molecule has 0 saturated heterocycles. The summed E-state index contributed by atoms with van der Waals surface area (Å²) in [6.45, 7) is 4.50. The normalized spacial score (nSPS) is 38.9. The van der Waals surface area contributed by atoms with Crippen molar-refractivity contribution in [3.05, 3.63) is 0 Å². The van der Waals surface area contributed by atoms with Crippen molar-refractivity contribution in [3.63, 3.8) is 0 Å².